The number of hydrogen-bond donors (Lipinski definition) is 3. The number of hydrogen-bond acceptors (Lipinski definition) is 6. The van der Waals surface area contributed by atoms with E-state index in [4.69, 9.17) is 16.3 Å². The van der Waals surface area contributed by atoms with Crippen LogP contribution in [0.5, 0.6) is 0 Å². The maximum Gasteiger partial charge on any atom is 0.149 e. The molecule has 2 aliphatic carbocycles. The largest absolute Gasteiger partial charge is 0.384 e. The number of ether oxygens (including phenoxy) is 1. The molecule has 4 rings (SSSR count). The molecule has 2 fully saturated rings. The predicted octanol–water partition coefficient (Wildman–Crippen LogP) is 4.72. The number of halogens is 2. The monoisotopic (exact) mass is 447 g/mol. The Morgan fingerprint density at radius 1 is 1.03 bits per heavy atom. The number of rotatable bonds is 10. The Bertz CT molecular complexity index is 871. The molecule has 0 aromatic carbocycles. The van der Waals surface area contributed by atoms with Gasteiger partial charge in [-0.05, 0) is 56.6 Å². The topological polar surface area (TPSA) is 71.1 Å². The third kappa shape index (κ3) is 6.28. The molecule has 2 saturated carbocycles. The first-order valence-electron chi connectivity index (χ1n) is 11.2. The predicted molar refractivity (Wildman–Crippen MR) is 123 cm³/mol. The zero-order valence-electron chi connectivity index (χ0n) is 18.0. The molecule has 0 saturated heterocycles. The lowest BCUT2D eigenvalue weighted by Crippen LogP contribution is -2.38. The summed E-state index contributed by atoms with van der Waals surface area (Å²) < 4.78 is 19.8. The van der Waals surface area contributed by atoms with E-state index >= 15 is 0 Å². The van der Waals surface area contributed by atoms with Crippen molar-refractivity contribution in [3.8, 4) is 11.1 Å². The van der Waals surface area contributed by atoms with Crippen molar-refractivity contribution in [1.82, 2.24) is 15.3 Å². The Hall–Kier alpha value is -1.96. The summed E-state index contributed by atoms with van der Waals surface area (Å²) in [6.45, 7) is 2.53. The van der Waals surface area contributed by atoms with Gasteiger partial charge in [0.25, 0.3) is 0 Å². The van der Waals surface area contributed by atoms with Crippen LogP contribution in [0.25, 0.3) is 11.1 Å². The molecule has 2 aromatic heterocycles. The molecule has 6 nitrogen and oxygen atoms in total. The van der Waals surface area contributed by atoms with Gasteiger partial charge in [-0.25, -0.2) is 14.4 Å². The van der Waals surface area contributed by atoms with Crippen LogP contribution in [0.4, 0.5) is 15.9 Å². The molecule has 3 N–H and O–H groups in total. The van der Waals surface area contributed by atoms with Gasteiger partial charge >= 0.3 is 0 Å². The molecule has 0 bridgehead atoms. The van der Waals surface area contributed by atoms with Crippen molar-refractivity contribution in [3.63, 3.8) is 0 Å². The molecular weight excluding hydrogens is 417 g/mol. The fourth-order valence-electron chi connectivity index (χ4n) is 4.06. The maximum absolute atomic E-state index is 14.7. The van der Waals surface area contributed by atoms with Gasteiger partial charge in [-0.1, -0.05) is 11.6 Å². The first-order valence-corrected chi connectivity index (χ1v) is 11.5. The van der Waals surface area contributed by atoms with Crippen molar-refractivity contribution in [3.05, 3.63) is 35.5 Å². The molecule has 31 heavy (non-hydrogen) atoms. The van der Waals surface area contributed by atoms with Crippen molar-refractivity contribution < 1.29 is 9.13 Å². The minimum atomic E-state index is -0.403. The van der Waals surface area contributed by atoms with Crippen LogP contribution in [0.3, 0.4) is 0 Å². The minimum Gasteiger partial charge on any atom is -0.384 e. The van der Waals surface area contributed by atoms with Crippen molar-refractivity contribution in [2.24, 2.45) is 5.92 Å². The van der Waals surface area contributed by atoms with Gasteiger partial charge in [0.15, 0.2) is 0 Å². The van der Waals surface area contributed by atoms with Crippen LogP contribution in [-0.4, -0.2) is 48.9 Å². The minimum absolute atomic E-state index is 0.288. The molecule has 0 radical (unpaired) electrons. The van der Waals surface area contributed by atoms with Gasteiger partial charge in [0.1, 0.15) is 16.8 Å². The lowest BCUT2D eigenvalue weighted by Gasteiger charge is -2.30. The molecule has 0 aliphatic heterocycles. The fraction of sp³-hybridized carbons (Fsp3) is 0.565. The Morgan fingerprint density at radius 2 is 1.81 bits per heavy atom. The van der Waals surface area contributed by atoms with E-state index in [9.17, 15) is 4.39 Å². The summed E-state index contributed by atoms with van der Waals surface area (Å²) in [5.74, 6) is 0.997. The Morgan fingerprint density at radius 3 is 2.55 bits per heavy atom. The number of anilines is 2. The molecule has 0 spiro atoms. The number of methoxy groups -OCH3 is 1. The third-order valence-electron chi connectivity index (χ3n) is 6.09. The van der Waals surface area contributed by atoms with Gasteiger partial charge in [-0.3, -0.25) is 0 Å². The van der Waals surface area contributed by atoms with Crippen LogP contribution in [-0.2, 0) is 4.74 Å². The average Bonchev–Trinajstić information content (AvgIpc) is 3.61. The van der Waals surface area contributed by atoms with Crippen molar-refractivity contribution in [1.29, 1.82) is 0 Å². The van der Waals surface area contributed by atoms with Gasteiger partial charge in [-0.15, -0.1) is 0 Å². The Balaban J connectivity index is 1.40. The van der Waals surface area contributed by atoms with Gasteiger partial charge < -0.3 is 20.7 Å². The van der Waals surface area contributed by atoms with Crippen LogP contribution < -0.4 is 16.0 Å². The molecular formula is C23H31ClFN5O. The zero-order valence-corrected chi connectivity index (χ0v) is 18.7. The lowest BCUT2D eigenvalue weighted by atomic mass is 9.91. The third-order valence-corrected chi connectivity index (χ3v) is 6.40. The second-order valence-electron chi connectivity index (χ2n) is 8.58. The van der Waals surface area contributed by atoms with E-state index in [0.717, 1.165) is 57.0 Å². The molecule has 0 atom stereocenters. The first-order chi connectivity index (χ1) is 15.1. The smallest absolute Gasteiger partial charge is 0.149 e. The molecule has 8 heteroatoms. The fourth-order valence-corrected chi connectivity index (χ4v) is 4.26. The van der Waals surface area contributed by atoms with E-state index in [0.29, 0.717) is 29.0 Å². The van der Waals surface area contributed by atoms with Crippen LogP contribution in [0.2, 0.25) is 5.15 Å². The van der Waals surface area contributed by atoms with Crippen molar-refractivity contribution in [2.45, 2.75) is 50.6 Å². The maximum atomic E-state index is 14.7. The Kier molecular flexibility index (Phi) is 7.58. The van der Waals surface area contributed by atoms with E-state index < -0.39 is 5.82 Å². The second-order valence-corrected chi connectivity index (χ2v) is 8.93. The molecule has 2 heterocycles. The quantitative estimate of drug-likeness (QED) is 0.361. The normalized spacial score (nSPS) is 21.1. The molecule has 2 aromatic rings. The number of nitrogens with one attached hydrogen (secondary N) is 3. The van der Waals surface area contributed by atoms with E-state index in [1.807, 2.05) is 6.07 Å². The molecule has 0 unspecified atom stereocenters. The molecule has 168 valence electrons. The summed E-state index contributed by atoms with van der Waals surface area (Å²) in [5, 5.41) is 10.7. The van der Waals surface area contributed by atoms with Gasteiger partial charge in [-0.2, -0.15) is 0 Å². The average molecular weight is 448 g/mol. The Labute approximate surface area is 188 Å². The summed E-state index contributed by atoms with van der Waals surface area (Å²) in [7, 11) is 1.72. The van der Waals surface area contributed by atoms with Crippen LogP contribution in [0.1, 0.15) is 38.5 Å². The van der Waals surface area contributed by atoms with Crippen molar-refractivity contribution in [2.75, 3.05) is 37.4 Å². The summed E-state index contributed by atoms with van der Waals surface area (Å²) in [6.07, 6.45) is 9.77. The van der Waals surface area contributed by atoms with E-state index in [1.54, 1.807) is 19.4 Å². The van der Waals surface area contributed by atoms with E-state index in [-0.39, 0.29) is 5.15 Å². The first kappa shape index (κ1) is 22.2. The van der Waals surface area contributed by atoms with Crippen LogP contribution >= 0.6 is 11.6 Å². The molecule has 2 aliphatic rings. The van der Waals surface area contributed by atoms with Crippen molar-refractivity contribution >= 4 is 23.1 Å². The van der Waals surface area contributed by atoms with E-state index in [1.165, 1.54) is 19.0 Å². The van der Waals surface area contributed by atoms with Gasteiger partial charge in [0, 0.05) is 43.4 Å². The highest BCUT2D eigenvalue weighted by atomic mass is 35.5. The summed E-state index contributed by atoms with van der Waals surface area (Å²) in [6, 6.07) is 4.47. The summed E-state index contributed by atoms with van der Waals surface area (Å²) in [4.78, 5) is 8.52. The standard InChI is InChI=1S/C23H31ClFN5O/c1-31-9-8-26-16-4-6-17(7-5-16)30-22-11-19(21(25)14-28-22)20-10-18(13-29-23(20)24)27-12-15-2-3-15/h10-11,13-17,26-27H,2-9,12H2,1H3,(H,28,30). The lowest BCUT2D eigenvalue weighted by molar-refractivity contribution is 0.191. The highest BCUT2D eigenvalue weighted by molar-refractivity contribution is 6.32. The molecule has 0 amide bonds. The van der Waals surface area contributed by atoms with Gasteiger partial charge in [0.05, 0.1) is 24.7 Å². The second kappa shape index (κ2) is 10.6. The zero-order chi connectivity index (χ0) is 21.6. The highest BCUT2D eigenvalue weighted by Gasteiger charge is 2.22. The SMILES string of the molecule is COCCNC1CCC(Nc2cc(-c3cc(NCC4CC4)cnc3Cl)c(F)cn2)CC1. The summed E-state index contributed by atoms with van der Waals surface area (Å²) in [5.41, 5.74) is 1.85. The van der Waals surface area contributed by atoms with Crippen LogP contribution in [0, 0.1) is 11.7 Å². The van der Waals surface area contributed by atoms with Crippen LogP contribution in [0.15, 0.2) is 24.5 Å². The van der Waals surface area contributed by atoms with Gasteiger partial charge in [0.2, 0.25) is 0 Å². The number of aromatic nitrogens is 2. The highest BCUT2D eigenvalue weighted by Crippen LogP contribution is 2.33. The number of pyridine rings is 2. The van der Waals surface area contributed by atoms with E-state index in [2.05, 4.69) is 25.9 Å². The number of nitrogens with zero attached hydrogens (tertiary/aromatic N) is 2. The summed E-state index contributed by atoms with van der Waals surface area (Å²) >= 11 is 6.33.